The first-order valence-corrected chi connectivity index (χ1v) is 10.7. The Hall–Kier alpha value is -3.37. The Balaban J connectivity index is 1.57. The third kappa shape index (κ3) is 4.70. The molecule has 0 spiro atoms. The van der Waals surface area contributed by atoms with Crippen LogP contribution in [0.1, 0.15) is 13.8 Å². The highest BCUT2D eigenvalue weighted by Crippen LogP contribution is 2.24. The van der Waals surface area contributed by atoms with Crippen molar-refractivity contribution in [1.82, 2.24) is 14.9 Å². The lowest BCUT2D eigenvalue weighted by Crippen LogP contribution is -2.58. The molecule has 0 radical (unpaired) electrons. The highest BCUT2D eigenvalue weighted by atomic mass is 35.5. The summed E-state index contributed by atoms with van der Waals surface area (Å²) in [6.45, 7) is 6.58. The monoisotopic (exact) mass is 433 g/mol. The number of benzene rings is 2. The van der Waals surface area contributed by atoms with Crippen LogP contribution in [0.25, 0.3) is 11.0 Å². The SMILES string of the molecule is CC(C)C1CN(c2cnc3ccccc3n2)CCN1/C(=N\C#N)Nc1ccc(Cl)cc1. The maximum Gasteiger partial charge on any atom is 0.214 e. The molecule has 0 aliphatic carbocycles. The summed E-state index contributed by atoms with van der Waals surface area (Å²) in [5.74, 6) is 1.76. The standard InChI is InChI=1S/C23H24ClN7/c1-16(2)21-14-30(22-13-26-19-5-3-4-6-20(19)29-22)11-12-31(21)23(27-15-25)28-18-9-7-17(24)8-10-18/h3-10,13,16,21H,11-12,14H2,1-2H3,(H,27,28). The summed E-state index contributed by atoms with van der Waals surface area (Å²) in [6.07, 6.45) is 3.78. The summed E-state index contributed by atoms with van der Waals surface area (Å²) < 4.78 is 0. The van der Waals surface area contributed by atoms with E-state index in [0.717, 1.165) is 35.6 Å². The number of aliphatic imine (C=N–C) groups is 1. The molecule has 158 valence electrons. The number of guanidine groups is 1. The molecule has 4 rings (SSSR count). The third-order valence-corrected chi connectivity index (χ3v) is 5.73. The predicted molar refractivity (Wildman–Crippen MR) is 125 cm³/mol. The Morgan fingerprint density at radius 2 is 1.90 bits per heavy atom. The van der Waals surface area contributed by atoms with Crippen molar-refractivity contribution in [3.8, 4) is 6.19 Å². The second kappa shape index (κ2) is 9.19. The molecule has 1 aromatic heterocycles. The number of hydrogen-bond donors (Lipinski definition) is 1. The van der Waals surface area contributed by atoms with Crippen LogP contribution in [-0.2, 0) is 0 Å². The van der Waals surface area contributed by atoms with Crippen molar-refractivity contribution >= 4 is 40.1 Å². The zero-order valence-corrected chi connectivity index (χ0v) is 18.3. The van der Waals surface area contributed by atoms with Gasteiger partial charge in [0.25, 0.3) is 0 Å². The van der Waals surface area contributed by atoms with Gasteiger partial charge in [0, 0.05) is 30.3 Å². The van der Waals surface area contributed by atoms with Crippen LogP contribution in [0.3, 0.4) is 0 Å². The van der Waals surface area contributed by atoms with Gasteiger partial charge in [-0.3, -0.25) is 4.98 Å². The predicted octanol–water partition coefficient (Wildman–Crippen LogP) is 4.38. The van der Waals surface area contributed by atoms with Gasteiger partial charge in [0.15, 0.2) is 0 Å². The Morgan fingerprint density at radius 3 is 2.61 bits per heavy atom. The van der Waals surface area contributed by atoms with Crippen molar-refractivity contribution < 1.29 is 0 Å². The molecule has 1 atom stereocenters. The van der Waals surface area contributed by atoms with Gasteiger partial charge in [-0.25, -0.2) is 4.98 Å². The molecule has 2 heterocycles. The average Bonchev–Trinajstić information content (AvgIpc) is 2.79. The third-order valence-electron chi connectivity index (χ3n) is 5.48. The van der Waals surface area contributed by atoms with Crippen molar-refractivity contribution in [3.05, 3.63) is 59.8 Å². The van der Waals surface area contributed by atoms with Crippen molar-refractivity contribution in [1.29, 1.82) is 5.26 Å². The fraction of sp³-hybridized carbons (Fsp3) is 0.304. The summed E-state index contributed by atoms with van der Waals surface area (Å²) in [5.41, 5.74) is 2.62. The second-order valence-corrected chi connectivity index (χ2v) is 8.27. The molecule has 1 saturated heterocycles. The first kappa shape index (κ1) is 20.9. The molecule has 31 heavy (non-hydrogen) atoms. The van der Waals surface area contributed by atoms with E-state index in [2.05, 4.69) is 38.9 Å². The largest absolute Gasteiger partial charge is 0.351 e. The summed E-state index contributed by atoms with van der Waals surface area (Å²) in [6, 6.07) is 15.4. The molecule has 1 N–H and O–H groups in total. The molecule has 1 aliphatic heterocycles. The van der Waals surface area contributed by atoms with Crippen molar-refractivity contribution in [2.45, 2.75) is 19.9 Å². The Labute approximate surface area is 187 Å². The van der Waals surface area contributed by atoms with Gasteiger partial charge in [-0.1, -0.05) is 37.6 Å². The van der Waals surface area contributed by atoms with Crippen LogP contribution < -0.4 is 10.2 Å². The van der Waals surface area contributed by atoms with E-state index in [1.165, 1.54) is 0 Å². The molecule has 7 nitrogen and oxygen atoms in total. The summed E-state index contributed by atoms with van der Waals surface area (Å²) in [5, 5.41) is 13.2. The van der Waals surface area contributed by atoms with E-state index in [1.54, 1.807) is 0 Å². The number of halogens is 1. The van der Waals surface area contributed by atoms with Gasteiger partial charge in [-0.05, 0) is 42.3 Å². The number of nitrogens with zero attached hydrogens (tertiary/aromatic N) is 6. The number of fused-ring (bicyclic) bond motifs is 1. The molecule has 1 fully saturated rings. The smallest absolute Gasteiger partial charge is 0.214 e. The minimum Gasteiger partial charge on any atom is -0.351 e. The van der Waals surface area contributed by atoms with Crippen molar-refractivity contribution in [2.75, 3.05) is 29.9 Å². The van der Waals surface area contributed by atoms with Gasteiger partial charge in [0.05, 0.1) is 23.3 Å². The molecule has 0 bridgehead atoms. The van der Waals surface area contributed by atoms with Crippen LogP contribution in [0.15, 0.2) is 59.7 Å². The Bertz CT molecular complexity index is 1120. The first-order valence-electron chi connectivity index (χ1n) is 10.3. The minimum atomic E-state index is 0.147. The Morgan fingerprint density at radius 1 is 1.16 bits per heavy atom. The number of para-hydroxylation sites is 2. The zero-order chi connectivity index (χ0) is 21.8. The normalized spacial score (nSPS) is 17.1. The summed E-state index contributed by atoms with van der Waals surface area (Å²) >= 11 is 6.00. The van der Waals surface area contributed by atoms with Crippen LogP contribution in [0, 0.1) is 17.4 Å². The molecule has 0 saturated carbocycles. The molecule has 1 aliphatic rings. The molecular weight excluding hydrogens is 410 g/mol. The molecule has 1 unspecified atom stereocenters. The van der Waals surface area contributed by atoms with Gasteiger partial charge in [0.2, 0.25) is 12.2 Å². The van der Waals surface area contributed by atoms with E-state index < -0.39 is 0 Å². The average molecular weight is 434 g/mol. The van der Waals surface area contributed by atoms with Gasteiger partial charge in [-0.15, -0.1) is 4.99 Å². The van der Waals surface area contributed by atoms with E-state index >= 15 is 0 Å². The minimum absolute atomic E-state index is 0.147. The van der Waals surface area contributed by atoms with Crippen LogP contribution in [0.5, 0.6) is 0 Å². The highest BCUT2D eigenvalue weighted by Gasteiger charge is 2.32. The maximum absolute atomic E-state index is 9.29. The lowest BCUT2D eigenvalue weighted by Gasteiger charge is -2.44. The Kier molecular flexibility index (Phi) is 6.19. The molecular formula is C23H24ClN7. The lowest BCUT2D eigenvalue weighted by atomic mass is 9.99. The number of anilines is 2. The highest BCUT2D eigenvalue weighted by molar-refractivity contribution is 6.30. The van der Waals surface area contributed by atoms with E-state index in [0.29, 0.717) is 23.4 Å². The fourth-order valence-electron chi connectivity index (χ4n) is 3.83. The molecule has 8 heteroatoms. The van der Waals surface area contributed by atoms with Gasteiger partial charge < -0.3 is 15.1 Å². The van der Waals surface area contributed by atoms with Crippen LogP contribution in [0.4, 0.5) is 11.5 Å². The quantitative estimate of drug-likeness (QED) is 0.375. The van der Waals surface area contributed by atoms with E-state index in [9.17, 15) is 5.26 Å². The van der Waals surface area contributed by atoms with E-state index in [1.807, 2.05) is 60.9 Å². The van der Waals surface area contributed by atoms with Crippen molar-refractivity contribution in [2.24, 2.45) is 10.9 Å². The first-order chi connectivity index (χ1) is 15.0. The second-order valence-electron chi connectivity index (χ2n) is 7.83. The van der Waals surface area contributed by atoms with E-state index in [4.69, 9.17) is 16.6 Å². The lowest BCUT2D eigenvalue weighted by molar-refractivity contribution is 0.224. The summed E-state index contributed by atoms with van der Waals surface area (Å²) in [4.78, 5) is 17.9. The number of nitrogens with one attached hydrogen (secondary N) is 1. The maximum atomic E-state index is 9.29. The zero-order valence-electron chi connectivity index (χ0n) is 17.5. The molecule has 0 amide bonds. The molecule has 3 aromatic rings. The van der Waals surface area contributed by atoms with Crippen molar-refractivity contribution in [3.63, 3.8) is 0 Å². The van der Waals surface area contributed by atoms with Gasteiger partial charge in [-0.2, -0.15) is 5.26 Å². The number of hydrogen-bond acceptors (Lipinski definition) is 5. The van der Waals surface area contributed by atoms with Gasteiger partial charge in [0.1, 0.15) is 5.82 Å². The number of rotatable bonds is 3. The van der Waals surface area contributed by atoms with Crippen LogP contribution in [-0.4, -0.2) is 46.5 Å². The molecule has 2 aromatic carbocycles. The topological polar surface area (TPSA) is 80.4 Å². The summed E-state index contributed by atoms with van der Waals surface area (Å²) in [7, 11) is 0. The number of nitriles is 1. The van der Waals surface area contributed by atoms with E-state index in [-0.39, 0.29) is 6.04 Å². The van der Waals surface area contributed by atoms with Gasteiger partial charge >= 0.3 is 0 Å². The fourth-order valence-corrected chi connectivity index (χ4v) is 3.95. The van der Waals surface area contributed by atoms with Crippen LogP contribution in [0.2, 0.25) is 5.02 Å². The number of aromatic nitrogens is 2. The van der Waals surface area contributed by atoms with Crippen LogP contribution >= 0.6 is 11.6 Å². The number of piperazine rings is 1.